The smallest absolute Gasteiger partial charge is 0.354 e. The fraction of sp³-hybridized carbons (Fsp3) is 0.727. The molecule has 0 heterocycles. The average molecular weight is 214 g/mol. The number of ether oxygens (including phenoxy) is 1. The minimum Gasteiger partial charge on any atom is -0.460 e. The highest BCUT2D eigenvalue weighted by atomic mass is 16.5. The summed E-state index contributed by atoms with van der Waals surface area (Å²) in [7, 11) is 7.58. The third-order valence-corrected chi connectivity index (χ3v) is 1.86. The zero-order chi connectivity index (χ0) is 11.8. The first kappa shape index (κ1) is 14.0. The van der Waals surface area contributed by atoms with Gasteiger partial charge in [-0.15, -0.1) is 0 Å². The van der Waals surface area contributed by atoms with Crippen LogP contribution < -0.4 is 0 Å². The number of allylic oxidation sites excluding steroid dienone is 1. The van der Waals surface area contributed by atoms with E-state index in [2.05, 4.69) is 0 Å². The van der Waals surface area contributed by atoms with Gasteiger partial charge in [-0.25, -0.2) is 4.79 Å². The van der Waals surface area contributed by atoms with Gasteiger partial charge in [0.1, 0.15) is 12.3 Å². The average Bonchev–Trinajstić information content (AvgIpc) is 2.12. The lowest BCUT2D eigenvalue weighted by Crippen LogP contribution is -2.25. The Balaban J connectivity index is 4.11. The van der Waals surface area contributed by atoms with Crippen molar-refractivity contribution in [3.63, 3.8) is 0 Å². The van der Waals surface area contributed by atoms with Gasteiger partial charge < -0.3 is 14.5 Å². The third kappa shape index (κ3) is 6.12. The van der Waals surface area contributed by atoms with E-state index < -0.39 is 0 Å². The Hall–Kier alpha value is -1.03. The first-order valence-corrected chi connectivity index (χ1v) is 5.18. The Labute approximate surface area is 92.5 Å². The second-order valence-corrected chi connectivity index (χ2v) is 3.83. The number of nitrogens with zero attached hydrogens (tertiary/aromatic N) is 2. The van der Waals surface area contributed by atoms with Gasteiger partial charge in [-0.2, -0.15) is 0 Å². The molecule has 4 heteroatoms. The van der Waals surface area contributed by atoms with E-state index in [0.29, 0.717) is 12.3 Å². The lowest BCUT2D eigenvalue weighted by Gasteiger charge is -2.16. The Morgan fingerprint density at radius 2 is 1.87 bits per heavy atom. The first-order valence-electron chi connectivity index (χ1n) is 5.18. The second kappa shape index (κ2) is 7.29. The van der Waals surface area contributed by atoms with Gasteiger partial charge in [0.2, 0.25) is 0 Å². The lowest BCUT2D eigenvalue weighted by atomic mass is 10.3. The summed E-state index contributed by atoms with van der Waals surface area (Å²) in [4.78, 5) is 15.4. The molecular weight excluding hydrogens is 192 g/mol. The van der Waals surface area contributed by atoms with Crippen molar-refractivity contribution in [2.45, 2.75) is 13.3 Å². The van der Waals surface area contributed by atoms with Crippen molar-refractivity contribution in [2.75, 3.05) is 41.3 Å². The normalized spacial score (nSPS) is 11.7. The lowest BCUT2D eigenvalue weighted by molar-refractivity contribution is -0.140. The third-order valence-electron chi connectivity index (χ3n) is 1.86. The number of hydrogen-bond donors (Lipinski definition) is 0. The molecule has 0 amide bonds. The van der Waals surface area contributed by atoms with Gasteiger partial charge in [-0.05, 0) is 20.5 Å². The highest BCUT2D eigenvalue weighted by molar-refractivity contribution is 5.87. The molecule has 0 aromatic rings. The van der Waals surface area contributed by atoms with Crippen LogP contribution in [0.3, 0.4) is 0 Å². The van der Waals surface area contributed by atoms with Crippen LogP contribution in [0.15, 0.2) is 11.8 Å². The van der Waals surface area contributed by atoms with Crippen LogP contribution in [0.25, 0.3) is 0 Å². The molecule has 0 saturated carbocycles. The molecule has 0 aromatic carbocycles. The Kier molecular flexibility index (Phi) is 6.79. The zero-order valence-corrected chi connectivity index (χ0v) is 10.4. The van der Waals surface area contributed by atoms with Crippen LogP contribution in [-0.4, -0.2) is 57.1 Å². The van der Waals surface area contributed by atoms with Gasteiger partial charge in [0, 0.05) is 20.6 Å². The summed E-state index contributed by atoms with van der Waals surface area (Å²) >= 11 is 0. The van der Waals surface area contributed by atoms with Gasteiger partial charge in [0.15, 0.2) is 0 Å². The van der Waals surface area contributed by atoms with Crippen LogP contribution in [0, 0.1) is 0 Å². The maximum absolute atomic E-state index is 11.6. The van der Waals surface area contributed by atoms with Crippen LogP contribution >= 0.6 is 0 Å². The van der Waals surface area contributed by atoms with Gasteiger partial charge >= 0.3 is 5.97 Å². The van der Waals surface area contributed by atoms with E-state index in [-0.39, 0.29) is 5.97 Å². The quantitative estimate of drug-likeness (QED) is 0.487. The van der Waals surface area contributed by atoms with Gasteiger partial charge in [0.05, 0.1) is 0 Å². The van der Waals surface area contributed by atoms with Gasteiger partial charge in [-0.3, -0.25) is 0 Å². The van der Waals surface area contributed by atoms with Gasteiger partial charge in [0.25, 0.3) is 0 Å². The second-order valence-electron chi connectivity index (χ2n) is 3.83. The number of esters is 1. The molecule has 0 unspecified atom stereocenters. The van der Waals surface area contributed by atoms with Crippen molar-refractivity contribution < 1.29 is 9.53 Å². The minimum absolute atomic E-state index is 0.247. The van der Waals surface area contributed by atoms with Crippen LogP contribution in [0.4, 0.5) is 0 Å². The Morgan fingerprint density at radius 1 is 1.27 bits per heavy atom. The number of carbonyl (C=O) groups excluding carboxylic acids is 1. The molecule has 0 aromatic heterocycles. The predicted octanol–water partition coefficient (Wildman–Crippen LogP) is 0.947. The largest absolute Gasteiger partial charge is 0.460 e. The molecule has 0 rings (SSSR count). The Bertz CT molecular complexity index is 223. The summed E-state index contributed by atoms with van der Waals surface area (Å²) in [5.41, 5.74) is 0.622. The van der Waals surface area contributed by atoms with E-state index in [9.17, 15) is 4.79 Å². The summed E-state index contributed by atoms with van der Waals surface area (Å²) in [6.45, 7) is 3.18. The molecule has 4 nitrogen and oxygen atoms in total. The SMILES string of the molecule is CCC=C(C(=O)OCCN(C)C)N(C)C. The van der Waals surface area contributed by atoms with Crippen molar-refractivity contribution in [1.82, 2.24) is 9.80 Å². The fourth-order valence-corrected chi connectivity index (χ4v) is 1.04. The monoisotopic (exact) mass is 214 g/mol. The molecule has 0 saturated heterocycles. The van der Waals surface area contributed by atoms with E-state index in [1.54, 1.807) is 4.90 Å². The van der Waals surface area contributed by atoms with Crippen molar-refractivity contribution >= 4 is 5.97 Å². The maximum atomic E-state index is 11.6. The molecule has 0 atom stereocenters. The number of rotatable bonds is 6. The van der Waals surface area contributed by atoms with Crippen LogP contribution in [0.1, 0.15) is 13.3 Å². The van der Waals surface area contributed by atoms with E-state index in [0.717, 1.165) is 13.0 Å². The van der Waals surface area contributed by atoms with Crippen molar-refractivity contribution in [2.24, 2.45) is 0 Å². The van der Waals surface area contributed by atoms with Crippen molar-refractivity contribution in [3.8, 4) is 0 Å². The van der Waals surface area contributed by atoms with Crippen LogP contribution in [0.5, 0.6) is 0 Å². The number of carbonyl (C=O) groups is 1. The number of likely N-dealkylation sites (N-methyl/N-ethyl adjacent to an activating group) is 2. The summed E-state index contributed by atoms with van der Waals surface area (Å²) in [6, 6.07) is 0. The molecule has 0 spiro atoms. The molecular formula is C11H22N2O2. The highest BCUT2D eigenvalue weighted by Crippen LogP contribution is 2.03. The molecule has 0 N–H and O–H groups in total. The maximum Gasteiger partial charge on any atom is 0.354 e. The summed E-state index contributed by atoms with van der Waals surface area (Å²) in [5.74, 6) is -0.247. The van der Waals surface area contributed by atoms with E-state index in [1.165, 1.54) is 0 Å². The Morgan fingerprint density at radius 3 is 2.27 bits per heavy atom. The molecule has 0 radical (unpaired) electrons. The van der Waals surface area contributed by atoms with E-state index in [4.69, 9.17) is 4.74 Å². The molecule has 0 aliphatic carbocycles. The van der Waals surface area contributed by atoms with Crippen LogP contribution in [-0.2, 0) is 9.53 Å². The topological polar surface area (TPSA) is 32.8 Å². The summed E-state index contributed by atoms with van der Waals surface area (Å²) in [6.07, 6.45) is 2.70. The molecule has 0 aliphatic rings. The molecule has 15 heavy (non-hydrogen) atoms. The molecule has 0 bridgehead atoms. The molecule has 88 valence electrons. The summed E-state index contributed by atoms with van der Waals surface area (Å²) in [5, 5.41) is 0. The summed E-state index contributed by atoms with van der Waals surface area (Å²) < 4.78 is 5.14. The molecule has 0 fully saturated rings. The number of hydrogen-bond acceptors (Lipinski definition) is 4. The standard InChI is InChI=1S/C11H22N2O2/c1-6-7-10(13(4)5)11(14)15-9-8-12(2)3/h7H,6,8-9H2,1-5H3. The van der Waals surface area contributed by atoms with Crippen molar-refractivity contribution in [1.29, 1.82) is 0 Å². The van der Waals surface area contributed by atoms with Crippen LogP contribution in [0.2, 0.25) is 0 Å². The fourth-order valence-electron chi connectivity index (χ4n) is 1.04. The first-order chi connectivity index (χ1) is 6.99. The predicted molar refractivity (Wildman–Crippen MR) is 61.6 cm³/mol. The molecule has 0 aliphatic heterocycles. The van der Waals surface area contributed by atoms with E-state index >= 15 is 0 Å². The van der Waals surface area contributed by atoms with Gasteiger partial charge in [-0.1, -0.05) is 13.0 Å². The van der Waals surface area contributed by atoms with Crippen molar-refractivity contribution in [3.05, 3.63) is 11.8 Å². The highest BCUT2D eigenvalue weighted by Gasteiger charge is 2.12. The minimum atomic E-state index is -0.247. The zero-order valence-electron chi connectivity index (χ0n) is 10.4. The van der Waals surface area contributed by atoms with E-state index in [1.807, 2.05) is 46.1 Å².